The Morgan fingerprint density at radius 3 is 2.24 bits per heavy atom. The second-order valence-corrected chi connectivity index (χ2v) is 8.74. The first-order valence-corrected chi connectivity index (χ1v) is 11.0. The largest absolute Gasteiger partial charge is 0.504 e. The van der Waals surface area contributed by atoms with Crippen molar-refractivity contribution < 1.29 is 39.5 Å². The molecule has 0 aromatic heterocycles. The lowest BCUT2D eigenvalue weighted by Crippen LogP contribution is -2.49. The Morgan fingerprint density at radius 1 is 0.970 bits per heavy atom. The highest BCUT2D eigenvalue weighted by atomic mass is 16.7. The van der Waals surface area contributed by atoms with Crippen molar-refractivity contribution >= 4 is 11.7 Å². The molecule has 174 valence electrons. The number of ether oxygens (including phenoxy) is 2. The number of likely N-dealkylation sites (tertiary alicyclic amines) is 1. The van der Waals surface area contributed by atoms with Crippen molar-refractivity contribution in [3.8, 4) is 28.7 Å². The van der Waals surface area contributed by atoms with E-state index in [1.54, 1.807) is 17.0 Å². The van der Waals surface area contributed by atoms with E-state index in [2.05, 4.69) is 0 Å². The Hall–Kier alpha value is -3.46. The first-order valence-electron chi connectivity index (χ1n) is 11.0. The molecule has 9 nitrogen and oxygen atoms in total. The van der Waals surface area contributed by atoms with Crippen LogP contribution in [-0.2, 0) is 4.79 Å². The van der Waals surface area contributed by atoms with Crippen molar-refractivity contribution in [1.29, 1.82) is 0 Å². The Bertz CT molecular complexity index is 1100. The molecule has 2 heterocycles. The highest BCUT2D eigenvalue weighted by Crippen LogP contribution is 2.50. The molecule has 0 bridgehead atoms. The van der Waals surface area contributed by atoms with Gasteiger partial charge in [-0.15, -0.1) is 0 Å². The van der Waals surface area contributed by atoms with Gasteiger partial charge < -0.3 is 34.8 Å². The van der Waals surface area contributed by atoms with Crippen LogP contribution in [0.15, 0.2) is 24.3 Å². The van der Waals surface area contributed by atoms with E-state index in [1.165, 1.54) is 12.1 Å². The van der Waals surface area contributed by atoms with Crippen LogP contribution in [0.5, 0.6) is 28.7 Å². The van der Waals surface area contributed by atoms with Gasteiger partial charge in [0.05, 0.1) is 18.4 Å². The molecular formula is C24H25NO8. The van der Waals surface area contributed by atoms with E-state index < -0.39 is 41.6 Å². The number of fused-ring (bicyclic) bond motifs is 2. The summed E-state index contributed by atoms with van der Waals surface area (Å²) in [5.74, 6) is -4.34. The molecule has 0 saturated carbocycles. The van der Waals surface area contributed by atoms with Gasteiger partial charge in [0, 0.05) is 24.6 Å². The van der Waals surface area contributed by atoms with E-state index in [0.717, 1.165) is 19.3 Å². The van der Waals surface area contributed by atoms with E-state index in [-0.39, 0.29) is 24.0 Å². The predicted octanol–water partition coefficient (Wildman–Crippen LogP) is 2.10. The van der Waals surface area contributed by atoms with E-state index in [9.17, 15) is 30.0 Å². The van der Waals surface area contributed by atoms with Crippen molar-refractivity contribution in [2.75, 3.05) is 26.5 Å². The first kappa shape index (κ1) is 21.4. The van der Waals surface area contributed by atoms with Crippen molar-refractivity contribution in [2.24, 2.45) is 11.8 Å². The molecule has 5 rings (SSSR count). The Labute approximate surface area is 189 Å². The number of nitrogens with zero attached hydrogens (tertiary/aromatic N) is 1. The second-order valence-electron chi connectivity index (χ2n) is 8.74. The van der Waals surface area contributed by atoms with Crippen LogP contribution in [-0.4, -0.2) is 63.5 Å². The summed E-state index contributed by atoms with van der Waals surface area (Å²) in [6.07, 6.45) is 2.74. The number of phenols is 3. The minimum Gasteiger partial charge on any atom is -0.504 e. The fraction of sp³-hybridized carbons (Fsp3) is 0.417. The van der Waals surface area contributed by atoms with E-state index in [1.807, 2.05) is 0 Å². The standard InChI is InChI=1S/C24H25NO8/c26-10-15-21(24(31)25-4-2-1-3-5-25)20(12-6-16(27)23(30)17(28)7-12)13-8-18-19(33-11-32-18)9-14(13)22(15)29/h6-9,15,20-21,26-28,30H,1-5,10-11H2/t15-,20+,21+/m0/s1. The fourth-order valence-corrected chi connectivity index (χ4v) is 5.25. The molecule has 0 spiro atoms. The molecule has 2 aromatic rings. The lowest BCUT2D eigenvalue weighted by molar-refractivity contribution is -0.139. The van der Waals surface area contributed by atoms with E-state index >= 15 is 0 Å². The topological polar surface area (TPSA) is 137 Å². The molecule has 33 heavy (non-hydrogen) atoms. The molecule has 1 amide bonds. The molecule has 4 N–H and O–H groups in total. The number of piperidine rings is 1. The number of aliphatic hydroxyl groups is 1. The minimum atomic E-state index is -1.02. The van der Waals surface area contributed by atoms with Crippen LogP contribution >= 0.6 is 0 Å². The van der Waals surface area contributed by atoms with Crippen molar-refractivity contribution in [3.05, 3.63) is 41.0 Å². The average Bonchev–Trinajstić information content (AvgIpc) is 3.28. The minimum absolute atomic E-state index is 0.00254. The zero-order valence-corrected chi connectivity index (χ0v) is 17.9. The number of aliphatic hydroxyl groups excluding tert-OH is 1. The molecule has 1 fully saturated rings. The van der Waals surface area contributed by atoms with Crippen LogP contribution < -0.4 is 9.47 Å². The number of carbonyl (C=O) groups is 2. The quantitative estimate of drug-likeness (QED) is 0.517. The van der Waals surface area contributed by atoms with Gasteiger partial charge in [-0.05, 0) is 54.7 Å². The van der Waals surface area contributed by atoms with Crippen LogP contribution in [0.2, 0.25) is 0 Å². The maximum Gasteiger partial charge on any atom is 0.231 e. The summed E-state index contributed by atoms with van der Waals surface area (Å²) >= 11 is 0. The molecule has 1 aliphatic carbocycles. The lowest BCUT2D eigenvalue weighted by atomic mass is 9.65. The van der Waals surface area contributed by atoms with Crippen molar-refractivity contribution in [3.63, 3.8) is 0 Å². The van der Waals surface area contributed by atoms with Gasteiger partial charge in [-0.1, -0.05) is 0 Å². The molecular weight excluding hydrogens is 430 g/mol. The van der Waals surface area contributed by atoms with Crippen LogP contribution in [0.3, 0.4) is 0 Å². The number of Topliss-reactive ketones (excluding diaryl/α,β-unsaturated/α-hetero) is 1. The van der Waals surface area contributed by atoms with Crippen LogP contribution in [0.4, 0.5) is 0 Å². The monoisotopic (exact) mass is 455 g/mol. The summed E-state index contributed by atoms with van der Waals surface area (Å²) in [6.45, 7) is 0.587. The molecule has 9 heteroatoms. The summed E-state index contributed by atoms with van der Waals surface area (Å²) in [7, 11) is 0. The van der Waals surface area contributed by atoms with Gasteiger partial charge in [0.25, 0.3) is 0 Å². The van der Waals surface area contributed by atoms with Gasteiger partial charge in [0.2, 0.25) is 12.7 Å². The summed E-state index contributed by atoms with van der Waals surface area (Å²) in [5.41, 5.74) is 1.11. The number of amides is 1. The molecule has 3 atom stereocenters. The highest BCUT2D eigenvalue weighted by Gasteiger charge is 2.48. The van der Waals surface area contributed by atoms with E-state index in [4.69, 9.17) is 9.47 Å². The lowest BCUT2D eigenvalue weighted by Gasteiger charge is -2.40. The number of carbonyl (C=O) groups excluding carboxylic acids is 2. The third kappa shape index (κ3) is 3.43. The number of hydrogen-bond acceptors (Lipinski definition) is 8. The zero-order chi connectivity index (χ0) is 23.3. The van der Waals surface area contributed by atoms with Crippen LogP contribution in [0.25, 0.3) is 0 Å². The number of phenolic OH excluding ortho intramolecular Hbond substituents is 3. The zero-order valence-electron chi connectivity index (χ0n) is 17.9. The predicted molar refractivity (Wildman–Crippen MR) is 115 cm³/mol. The Balaban J connectivity index is 1.72. The second kappa shape index (κ2) is 8.15. The Morgan fingerprint density at radius 2 is 1.61 bits per heavy atom. The maximum atomic E-state index is 13.8. The van der Waals surface area contributed by atoms with Gasteiger partial charge in [0.1, 0.15) is 0 Å². The van der Waals surface area contributed by atoms with Gasteiger partial charge in [-0.25, -0.2) is 0 Å². The molecule has 2 aromatic carbocycles. The third-order valence-electron chi connectivity index (χ3n) is 6.88. The molecule has 0 radical (unpaired) electrons. The normalized spacial score (nSPS) is 24.0. The van der Waals surface area contributed by atoms with E-state index in [0.29, 0.717) is 35.7 Å². The number of aromatic hydroxyl groups is 3. The molecule has 2 aliphatic heterocycles. The smallest absolute Gasteiger partial charge is 0.231 e. The Kier molecular flexibility index (Phi) is 5.28. The molecule has 3 aliphatic rings. The number of rotatable bonds is 3. The average molecular weight is 455 g/mol. The molecule has 0 unspecified atom stereocenters. The van der Waals surface area contributed by atoms with Gasteiger partial charge in [0.15, 0.2) is 34.5 Å². The van der Waals surface area contributed by atoms with Crippen molar-refractivity contribution in [1.82, 2.24) is 4.90 Å². The number of hydrogen-bond donors (Lipinski definition) is 4. The van der Waals surface area contributed by atoms with Gasteiger partial charge in [-0.3, -0.25) is 9.59 Å². The van der Waals surface area contributed by atoms with Crippen LogP contribution in [0.1, 0.15) is 46.7 Å². The van der Waals surface area contributed by atoms with Gasteiger partial charge in [-0.2, -0.15) is 0 Å². The number of benzene rings is 2. The molecule has 1 saturated heterocycles. The summed E-state index contributed by atoms with van der Waals surface area (Å²) in [4.78, 5) is 28.9. The summed E-state index contributed by atoms with van der Waals surface area (Å²) < 4.78 is 10.9. The van der Waals surface area contributed by atoms with Crippen molar-refractivity contribution in [2.45, 2.75) is 25.2 Å². The van der Waals surface area contributed by atoms with Crippen LogP contribution in [0, 0.1) is 11.8 Å². The SMILES string of the molecule is O=C1c2cc3c(cc2[C@@H](c2cc(O)c(O)c(O)c2)[C@H](C(=O)N2CCCCC2)[C@@H]1CO)OCO3. The first-order chi connectivity index (χ1) is 15.9. The van der Waals surface area contributed by atoms with Gasteiger partial charge >= 0.3 is 0 Å². The highest BCUT2D eigenvalue weighted by molar-refractivity contribution is 6.05. The fourth-order valence-electron chi connectivity index (χ4n) is 5.25. The summed E-state index contributed by atoms with van der Waals surface area (Å²) in [6, 6.07) is 5.74. The number of ketones is 1. The summed E-state index contributed by atoms with van der Waals surface area (Å²) in [5, 5.41) is 40.5. The maximum absolute atomic E-state index is 13.8. The third-order valence-corrected chi connectivity index (χ3v) is 6.88.